The summed E-state index contributed by atoms with van der Waals surface area (Å²) in [7, 11) is 0. The molecule has 0 amide bonds. The fraction of sp³-hybridized carbons (Fsp3) is 0.611. The second-order valence-electron chi connectivity index (χ2n) is 6.09. The van der Waals surface area contributed by atoms with Gasteiger partial charge < -0.3 is 20.5 Å². The summed E-state index contributed by atoms with van der Waals surface area (Å²) < 4.78 is 18.5. The molecule has 25 heavy (non-hydrogen) atoms. The van der Waals surface area contributed by atoms with Crippen LogP contribution in [0, 0.1) is 11.7 Å². The van der Waals surface area contributed by atoms with Crippen LogP contribution in [0.5, 0.6) is 0 Å². The highest BCUT2D eigenvalue weighted by Gasteiger charge is 2.20. The van der Waals surface area contributed by atoms with Crippen molar-refractivity contribution in [1.82, 2.24) is 10.6 Å². The van der Waals surface area contributed by atoms with Gasteiger partial charge in [-0.1, -0.05) is 12.1 Å². The Morgan fingerprint density at radius 2 is 2.04 bits per heavy atom. The molecule has 1 unspecified atom stereocenters. The molecule has 1 saturated carbocycles. The number of ether oxygens (including phenoxy) is 1. The molecule has 0 aliphatic heterocycles. The first-order valence-electron chi connectivity index (χ1n) is 8.72. The average Bonchev–Trinajstić information content (AvgIpc) is 3.40. The van der Waals surface area contributed by atoms with E-state index in [0.29, 0.717) is 11.5 Å². The molecule has 1 aliphatic carbocycles. The molecule has 0 heterocycles. The molecule has 0 radical (unpaired) electrons. The summed E-state index contributed by atoms with van der Waals surface area (Å²) in [5, 5.41) is 16.5. The van der Waals surface area contributed by atoms with E-state index in [1.165, 1.54) is 25.0 Å². The van der Waals surface area contributed by atoms with Crippen LogP contribution in [0.15, 0.2) is 29.3 Å². The highest BCUT2D eigenvalue weighted by atomic mass is 127. The van der Waals surface area contributed by atoms with Crippen molar-refractivity contribution >= 4 is 29.9 Å². The van der Waals surface area contributed by atoms with Gasteiger partial charge in [-0.15, -0.1) is 24.0 Å². The number of nitrogens with one attached hydrogen (secondary N) is 2. The third kappa shape index (κ3) is 9.37. The number of hydrogen-bond acceptors (Lipinski definition) is 3. The number of rotatable bonds is 10. The van der Waals surface area contributed by atoms with Crippen molar-refractivity contribution in [1.29, 1.82) is 0 Å². The van der Waals surface area contributed by atoms with Crippen molar-refractivity contribution in [2.75, 3.05) is 32.8 Å². The van der Waals surface area contributed by atoms with E-state index in [0.717, 1.165) is 38.6 Å². The summed E-state index contributed by atoms with van der Waals surface area (Å²) in [6, 6.07) is 5.83. The van der Waals surface area contributed by atoms with Crippen molar-refractivity contribution < 1.29 is 14.2 Å². The van der Waals surface area contributed by atoms with Crippen LogP contribution in [-0.2, 0) is 4.74 Å². The van der Waals surface area contributed by atoms with Crippen LogP contribution in [0.2, 0.25) is 0 Å². The molecule has 0 bridgehead atoms. The minimum absolute atomic E-state index is 0. The number of hydrogen-bond donors (Lipinski definition) is 3. The molecule has 0 spiro atoms. The second-order valence-corrected chi connectivity index (χ2v) is 6.09. The van der Waals surface area contributed by atoms with Crippen LogP contribution in [0.3, 0.4) is 0 Å². The Morgan fingerprint density at radius 1 is 1.32 bits per heavy atom. The molecular weight excluding hydrogens is 436 g/mol. The summed E-state index contributed by atoms with van der Waals surface area (Å²) in [5.41, 5.74) is 0.657. The first kappa shape index (κ1) is 22.1. The van der Waals surface area contributed by atoms with E-state index in [2.05, 4.69) is 15.6 Å². The highest BCUT2D eigenvalue weighted by molar-refractivity contribution is 14.0. The SMILES string of the molecule is CCNC(=NCC(O)c1ccc(F)cc1)NCCCOCC1CC1.I. The first-order valence-corrected chi connectivity index (χ1v) is 8.72. The zero-order valence-electron chi connectivity index (χ0n) is 14.7. The van der Waals surface area contributed by atoms with Crippen LogP contribution in [0.1, 0.15) is 37.9 Å². The lowest BCUT2D eigenvalue weighted by Gasteiger charge is -2.13. The van der Waals surface area contributed by atoms with Gasteiger partial charge in [0.2, 0.25) is 0 Å². The third-order valence-electron chi connectivity index (χ3n) is 3.83. The molecule has 0 saturated heterocycles. The molecule has 142 valence electrons. The Balaban J connectivity index is 0.00000312. The van der Waals surface area contributed by atoms with Crippen molar-refractivity contribution in [3.05, 3.63) is 35.6 Å². The maximum absolute atomic E-state index is 12.9. The van der Waals surface area contributed by atoms with Crippen molar-refractivity contribution in [3.8, 4) is 0 Å². The van der Waals surface area contributed by atoms with Crippen LogP contribution >= 0.6 is 24.0 Å². The predicted molar refractivity (Wildman–Crippen MR) is 109 cm³/mol. The summed E-state index contributed by atoms with van der Waals surface area (Å²) in [4.78, 5) is 4.38. The molecule has 1 fully saturated rings. The molecule has 1 aromatic carbocycles. The minimum Gasteiger partial charge on any atom is -0.386 e. The van der Waals surface area contributed by atoms with E-state index in [1.54, 1.807) is 12.1 Å². The summed E-state index contributed by atoms with van der Waals surface area (Å²) in [5.74, 6) is 1.15. The van der Waals surface area contributed by atoms with Crippen LogP contribution in [-0.4, -0.2) is 43.9 Å². The van der Waals surface area contributed by atoms with Gasteiger partial charge in [-0.3, -0.25) is 4.99 Å². The van der Waals surface area contributed by atoms with Gasteiger partial charge in [-0.2, -0.15) is 0 Å². The smallest absolute Gasteiger partial charge is 0.191 e. The van der Waals surface area contributed by atoms with E-state index in [1.807, 2.05) is 6.92 Å². The first-order chi connectivity index (χ1) is 11.7. The van der Waals surface area contributed by atoms with Gasteiger partial charge in [0.05, 0.1) is 12.6 Å². The zero-order chi connectivity index (χ0) is 17.2. The summed E-state index contributed by atoms with van der Waals surface area (Å²) >= 11 is 0. The molecule has 7 heteroatoms. The normalized spacial score (nSPS) is 15.4. The minimum atomic E-state index is -0.747. The maximum Gasteiger partial charge on any atom is 0.191 e. The van der Waals surface area contributed by atoms with E-state index in [9.17, 15) is 9.50 Å². The van der Waals surface area contributed by atoms with Gasteiger partial charge in [-0.25, -0.2) is 4.39 Å². The number of aliphatic imine (C=N–C) groups is 1. The van der Waals surface area contributed by atoms with Gasteiger partial charge in [-0.05, 0) is 49.8 Å². The topological polar surface area (TPSA) is 65.9 Å². The Labute approximate surface area is 166 Å². The lowest BCUT2D eigenvalue weighted by molar-refractivity contribution is 0.123. The molecule has 1 aliphatic rings. The zero-order valence-corrected chi connectivity index (χ0v) is 17.0. The van der Waals surface area contributed by atoms with E-state index < -0.39 is 6.10 Å². The van der Waals surface area contributed by atoms with E-state index in [-0.39, 0.29) is 36.3 Å². The molecule has 1 aromatic rings. The molecule has 0 aromatic heterocycles. The number of guanidine groups is 1. The Hall–Kier alpha value is -0.930. The second kappa shape index (κ2) is 12.4. The molecule has 2 rings (SSSR count). The number of aliphatic hydroxyl groups excluding tert-OH is 1. The lowest BCUT2D eigenvalue weighted by atomic mass is 10.1. The van der Waals surface area contributed by atoms with Gasteiger partial charge in [0, 0.05) is 26.3 Å². The summed E-state index contributed by atoms with van der Waals surface area (Å²) in [6.45, 7) is 5.37. The van der Waals surface area contributed by atoms with Crippen LogP contribution in [0.4, 0.5) is 4.39 Å². The molecule has 5 nitrogen and oxygen atoms in total. The monoisotopic (exact) mass is 465 g/mol. The molecule has 3 N–H and O–H groups in total. The Kier molecular flexibility index (Phi) is 11.0. The Morgan fingerprint density at radius 3 is 2.68 bits per heavy atom. The standard InChI is InChI=1S/C18H28FN3O2.HI/c1-2-20-18(21-10-3-11-24-13-14-4-5-14)22-12-17(23)15-6-8-16(19)9-7-15;/h6-9,14,17,23H,2-5,10-13H2,1H3,(H2,20,21,22);1H. The quantitative estimate of drug-likeness (QED) is 0.215. The van der Waals surface area contributed by atoms with Crippen molar-refractivity contribution in [2.45, 2.75) is 32.3 Å². The molecular formula is C18H29FIN3O2. The predicted octanol–water partition coefficient (Wildman–Crippen LogP) is 2.85. The van der Waals surface area contributed by atoms with Crippen LogP contribution < -0.4 is 10.6 Å². The van der Waals surface area contributed by atoms with Gasteiger partial charge in [0.15, 0.2) is 5.96 Å². The third-order valence-corrected chi connectivity index (χ3v) is 3.83. The highest BCUT2D eigenvalue weighted by Crippen LogP contribution is 2.28. The Bertz CT molecular complexity index is 510. The number of aliphatic hydroxyl groups is 1. The van der Waals surface area contributed by atoms with E-state index >= 15 is 0 Å². The maximum atomic E-state index is 12.9. The van der Waals surface area contributed by atoms with Crippen molar-refractivity contribution in [3.63, 3.8) is 0 Å². The number of benzene rings is 1. The number of halogens is 2. The lowest BCUT2D eigenvalue weighted by Crippen LogP contribution is -2.38. The summed E-state index contributed by atoms with van der Waals surface area (Å²) in [6.07, 6.45) is 2.79. The average molecular weight is 465 g/mol. The van der Waals surface area contributed by atoms with E-state index in [4.69, 9.17) is 4.74 Å². The van der Waals surface area contributed by atoms with Gasteiger partial charge in [0.1, 0.15) is 5.82 Å². The fourth-order valence-corrected chi connectivity index (χ4v) is 2.23. The molecule has 1 atom stereocenters. The van der Waals surface area contributed by atoms with Crippen LogP contribution in [0.25, 0.3) is 0 Å². The van der Waals surface area contributed by atoms with Gasteiger partial charge in [0.25, 0.3) is 0 Å². The van der Waals surface area contributed by atoms with Gasteiger partial charge >= 0.3 is 0 Å². The number of nitrogens with zero attached hydrogens (tertiary/aromatic N) is 1. The van der Waals surface area contributed by atoms with Crippen molar-refractivity contribution in [2.24, 2.45) is 10.9 Å². The largest absolute Gasteiger partial charge is 0.386 e. The fourth-order valence-electron chi connectivity index (χ4n) is 2.23.